The van der Waals surface area contributed by atoms with Crippen molar-refractivity contribution in [3.05, 3.63) is 34.9 Å². The maximum absolute atomic E-state index is 5.95. The molecule has 1 saturated heterocycles. The van der Waals surface area contributed by atoms with Crippen LogP contribution < -0.4 is 0 Å². The fraction of sp³-hybridized carbons (Fsp3) is 0.667. The van der Waals surface area contributed by atoms with Crippen LogP contribution in [0.3, 0.4) is 0 Å². The lowest BCUT2D eigenvalue weighted by molar-refractivity contribution is 0.0518. The van der Waals surface area contributed by atoms with E-state index in [1.165, 1.54) is 57.4 Å². The van der Waals surface area contributed by atoms with Gasteiger partial charge in [-0.2, -0.15) is 0 Å². The van der Waals surface area contributed by atoms with E-state index in [1.807, 2.05) is 12.1 Å². The molecule has 0 bridgehead atoms. The lowest BCUT2D eigenvalue weighted by Gasteiger charge is -2.43. The van der Waals surface area contributed by atoms with E-state index in [0.29, 0.717) is 0 Å². The molecule has 2 nitrogen and oxygen atoms in total. The summed E-state index contributed by atoms with van der Waals surface area (Å²) in [4.78, 5) is 5.33. The number of halogens is 1. The van der Waals surface area contributed by atoms with Gasteiger partial charge in [0.15, 0.2) is 0 Å². The topological polar surface area (TPSA) is 6.48 Å². The zero-order chi connectivity index (χ0) is 14.7. The van der Waals surface area contributed by atoms with Crippen LogP contribution in [-0.4, -0.2) is 42.0 Å². The van der Waals surface area contributed by atoms with E-state index in [0.717, 1.165) is 23.5 Å². The van der Waals surface area contributed by atoms with E-state index < -0.39 is 0 Å². The van der Waals surface area contributed by atoms with Crippen LogP contribution in [0, 0.1) is 5.92 Å². The van der Waals surface area contributed by atoms with Crippen molar-refractivity contribution in [3.63, 3.8) is 0 Å². The molecule has 0 radical (unpaired) electrons. The average molecular weight is 307 g/mol. The zero-order valence-corrected chi connectivity index (χ0v) is 13.9. The molecule has 1 heterocycles. The third-order valence-electron chi connectivity index (χ3n) is 5.26. The summed E-state index contributed by atoms with van der Waals surface area (Å²) in [5.74, 6) is 0.890. The summed E-state index contributed by atoms with van der Waals surface area (Å²) in [6.45, 7) is 8.39. The van der Waals surface area contributed by atoms with Gasteiger partial charge in [-0.05, 0) is 36.5 Å². The second kappa shape index (κ2) is 7.13. The molecule has 21 heavy (non-hydrogen) atoms. The van der Waals surface area contributed by atoms with Crippen LogP contribution in [0.15, 0.2) is 24.3 Å². The molecule has 1 aliphatic carbocycles. The van der Waals surface area contributed by atoms with E-state index in [9.17, 15) is 0 Å². The Balaban J connectivity index is 1.49. The number of nitrogens with zero attached hydrogens (tertiary/aromatic N) is 2. The molecule has 2 aliphatic rings. The molecule has 1 saturated carbocycles. The van der Waals surface area contributed by atoms with Crippen LogP contribution in [-0.2, 0) is 6.54 Å². The molecule has 2 fully saturated rings. The van der Waals surface area contributed by atoms with Crippen LogP contribution in [0.5, 0.6) is 0 Å². The Morgan fingerprint density at radius 1 is 1.00 bits per heavy atom. The van der Waals surface area contributed by atoms with Gasteiger partial charge in [-0.15, -0.1) is 0 Å². The minimum absolute atomic E-state index is 0.829. The maximum atomic E-state index is 5.95. The quantitative estimate of drug-likeness (QED) is 0.831. The average Bonchev–Trinajstić information content (AvgIpc) is 2.51. The van der Waals surface area contributed by atoms with E-state index in [2.05, 4.69) is 28.9 Å². The zero-order valence-electron chi connectivity index (χ0n) is 13.1. The highest BCUT2D eigenvalue weighted by Gasteiger charge is 2.29. The predicted octanol–water partition coefficient (Wildman–Crippen LogP) is 4.04. The van der Waals surface area contributed by atoms with E-state index >= 15 is 0 Å². The standard InChI is InChI=1S/C18H27ClN2/c1-15-4-2-3-5-18(15)21-12-10-20(11-13-21)14-16-6-8-17(19)9-7-16/h6-9,15,18H,2-5,10-14H2,1H3. The molecule has 0 aromatic heterocycles. The molecule has 2 unspecified atom stereocenters. The van der Waals surface area contributed by atoms with Crippen LogP contribution >= 0.6 is 11.6 Å². The van der Waals surface area contributed by atoms with Crippen molar-refractivity contribution >= 4 is 11.6 Å². The molecule has 116 valence electrons. The van der Waals surface area contributed by atoms with Gasteiger partial charge in [0.25, 0.3) is 0 Å². The molecule has 2 atom stereocenters. The number of piperazine rings is 1. The Kier molecular flexibility index (Phi) is 5.20. The highest BCUT2D eigenvalue weighted by molar-refractivity contribution is 6.30. The Morgan fingerprint density at radius 3 is 2.33 bits per heavy atom. The van der Waals surface area contributed by atoms with Gasteiger partial charge in [0.05, 0.1) is 0 Å². The van der Waals surface area contributed by atoms with E-state index in [-0.39, 0.29) is 0 Å². The maximum Gasteiger partial charge on any atom is 0.0406 e. The predicted molar refractivity (Wildman–Crippen MR) is 89.7 cm³/mol. The number of hydrogen-bond donors (Lipinski definition) is 0. The third kappa shape index (κ3) is 4.00. The first kappa shape index (κ1) is 15.3. The Labute approximate surface area is 134 Å². The molecular formula is C18H27ClN2. The lowest BCUT2D eigenvalue weighted by Crippen LogP contribution is -2.52. The van der Waals surface area contributed by atoms with E-state index in [1.54, 1.807) is 0 Å². The number of hydrogen-bond acceptors (Lipinski definition) is 2. The summed E-state index contributed by atoms with van der Waals surface area (Å²) in [6, 6.07) is 9.14. The van der Waals surface area contributed by atoms with Crippen molar-refractivity contribution in [1.82, 2.24) is 9.80 Å². The molecule has 3 rings (SSSR count). The summed E-state index contributed by atoms with van der Waals surface area (Å²) < 4.78 is 0. The SMILES string of the molecule is CC1CCCCC1N1CCN(Cc2ccc(Cl)cc2)CC1. The number of rotatable bonds is 3. The van der Waals surface area contributed by atoms with Crippen LogP contribution in [0.4, 0.5) is 0 Å². The Bertz CT molecular complexity index is 437. The van der Waals surface area contributed by atoms with Gasteiger partial charge in [-0.3, -0.25) is 9.80 Å². The second-order valence-electron chi connectivity index (χ2n) is 6.77. The summed E-state index contributed by atoms with van der Waals surface area (Å²) in [6.07, 6.45) is 5.71. The monoisotopic (exact) mass is 306 g/mol. The van der Waals surface area contributed by atoms with Gasteiger partial charge < -0.3 is 0 Å². The fourth-order valence-electron chi connectivity index (χ4n) is 3.94. The minimum atomic E-state index is 0.829. The first-order valence-corrected chi connectivity index (χ1v) is 8.81. The van der Waals surface area contributed by atoms with Crippen molar-refractivity contribution in [3.8, 4) is 0 Å². The van der Waals surface area contributed by atoms with Crippen molar-refractivity contribution in [2.45, 2.75) is 45.2 Å². The Hall–Kier alpha value is -0.570. The van der Waals surface area contributed by atoms with Gasteiger partial charge >= 0.3 is 0 Å². The van der Waals surface area contributed by atoms with Crippen molar-refractivity contribution in [2.75, 3.05) is 26.2 Å². The van der Waals surface area contributed by atoms with Gasteiger partial charge in [0, 0.05) is 43.8 Å². The molecular weight excluding hydrogens is 280 g/mol. The van der Waals surface area contributed by atoms with Crippen LogP contribution in [0.2, 0.25) is 5.02 Å². The summed E-state index contributed by atoms with van der Waals surface area (Å²) in [7, 11) is 0. The molecule has 0 N–H and O–H groups in total. The largest absolute Gasteiger partial charge is 0.298 e. The van der Waals surface area contributed by atoms with Gasteiger partial charge in [-0.1, -0.05) is 43.5 Å². The molecule has 1 aromatic rings. The molecule has 3 heteroatoms. The molecule has 1 aromatic carbocycles. The molecule has 1 aliphatic heterocycles. The fourth-order valence-corrected chi connectivity index (χ4v) is 4.07. The first-order valence-electron chi connectivity index (χ1n) is 8.43. The van der Waals surface area contributed by atoms with Crippen molar-refractivity contribution in [2.24, 2.45) is 5.92 Å². The summed E-state index contributed by atoms with van der Waals surface area (Å²) in [5, 5.41) is 0.829. The van der Waals surface area contributed by atoms with Crippen molar-refractivity contribution in [1.29, 1.82) is 0 Å². The minimum Gasteiger partial charge on any atom is -0.298 e. The van der Waals surface area contributed by atoms with Gasteiger partial charge in [0.1, 0.15) is 0 Å². The highest BCUT2D eigenvalue weighted by Crippen LogP contribution is 2.28. The van der Waals surface area contributed by atoms with Crippen LogP contribution in [0.1, 0.15) is 38.2 Å². The van der Waals surface area contributed by atoms with Crippen LogP contribution in [0.25, 0.3) is 0 Å². The molecule has 0 spiro atoms. The first-order chi connectivity index (χ1) is 10.2. The van der Waals surface area contributed by atoms with Crippen molar-refractivity contribution < 1.29 is 0 Å². The summed E-state index contributed by atoms with van der Waals surface area (Å²) in [5.41, 5.74) is 1.37. The van der Waals surface area contributed by atoms with E-state index in [4.69, 9.17) is 11.6 Å². The third-order valence-corrected chi connectivity index (χ3v) is 5.51. The van der Waals surface area contributed by atoms with Gasteiger partial charge in [0.2, 0.25) is 0 Å². The summed E-state index contributed by atoms with van der Waals surface area (Å²) >= 11 is 5.95. The Morgan fingerprint density at radius 2 is 1.67 bits per heavy atom. The lowest BCUT2D eigenvalue weighted by atomic mass is 9.84. The highest BCUT2D eigenvalue weighted by atomic mass is 35.5. The smallest absolute Gasteiger partial charge is 0.0406 e. The van der Waals surface area contributed by atoms with Gasteiger partial charge in [-0.25, -0.2) is 0 Å². The normalized spacial score (nSPS) is 28.7. The second-order valence-corrected chi connectivity index (χ2v) is 7.20. The number of benzene rings is 1. The molecule has 0 amide bonds.